The normalized spacial score (nSPS) is 11.9. The Kier molecular flexibility index (Phi) is 7.69. The fourth-order valence-electron chi connectivity index (χ4n) is 10.7. The SMILES string of the molecule is N#Cc1ccc(-c2ccc(-n3c4ccccc4c4c5oc6c(ccc7c6c6cc(-c8ccc9c(c8)c8ccccc8n9-c8ccccc8)ccc6n7-c6ccccc6)c5ccc43)cc2)cc1. The molecule has 4 heterocycles. The Morgan fingerprint density at radius 3 is 1.30 bits per heavy atom. The van der Waals surface area contributed by atoms with Crippen molar-refractivity contribution in [2.24, 2.45) is 0 Å². The summed E-state index contributed by atoms with van der Waals surface area (Å²) in [5, 5.41) is 18.4. The highest BCUT2D eigenvalue weighted by Gasteiger charge is 2.23. The number of hydrogen-bond acceptors (Lipinski definition) is 2. The number of rotatable bonds is 5. The third kappa shape index (κ3) is 5.21. The van der Waals surface area contributed by atoms with Gasteiger partial charge < -0.3 is 18.1 Å². The van der Waals surface area contributed by atoms with Gasteiger partial charge in [0.25, 0.3) is 0 Å². The molecule has 0 aliphatic carbocycles. The maximum absolute atomic E-state index is 9.32. The van der Waals surface area contributed by atoms with Crippen molar-refractivity contribution in [3.63, 3.8) is 0 Å². The van der Waals surface area contributed by atoms with Gasteiger partial charge in [-0.3, -0.25) is 0 Å². The van der Waals surface area contributed by atoms with E-state index < -0.39 is 0 Å². The molecule has 0 unspecified atom stereocenters. The van der Waals surface area contributed by atoms with Crippen LogP contribution in [-0.2, 0) is 0 Å². The zero-order valence-electron chi connectivity index (χ0n) is 35.5. The van der Waals surface area contributed by atoms with Gasteiger partial charge in [0.2, 0.25) is 0 Å². The number of furan rings is 1. The Hall–Kier alpha value is -9.11. The maximum Gasteiger partial charge on any atom is 0.145 e. The number of nitriles is 1. The highest BCUT2D eigenvalue weighted by Crippen LogP contribution is 2.46. The average molecular weight is 841 g/mol. The fourth-order valence-corrected chi connectivity index (χ4v) is 10.7. The Labute approximate surface area is 378 Å². The molecule has 0 N–H and O–H groups in total. The minimum Gasteiger partial charge on any atom is -0.455 e. The van der Waals surface area contributed by atoms with Crippen molar-refractivity contribution in [3.8, 4) is 45.4 Å². The summed E-state index contributed by atoms with van der Waals surface area (Å²) in [5.41, 5.74) is 17.0. The molecule has 0 radical (unpaired) electrons. The number of fused-ring (bicyclic) bond motifs is 14. The van der Waals surface area contributed by atoms with Crippen LogP contribution in [0.15, 0.2) is 223 Å². The van der Waals surface area contributed by atoms with E-state index in [0.717, 1.165) is 105 Å². The van der Waals surface area contributed by atoms with Crippen molar-refractivity contribution in [2.45, 2.75) is 0 Å². The van der Waals surface area contributed by atoms with E-state index in [0.29, 0.717) is 5.56 Å². The van der Waals surface area contributed by atoms with E-state index in [1.54, 1.807) is 0 Å². The lowest BCUT2D eigenvalue weighted by atomic mass is 10.00. The highest BCUT2D eigenvalue weighted by molar-refractivity contribution is 6.29. The van der Waals surface area contributed by atoms with Gasteiger partial charge >= 0.3 is 0 Å². The van der Waals surface area contributed by atoms with Crippen LogP contribution in [0.5, 0.6) is 0 Å². The molecule has 10 aromatic carbocycles. The first kappa shape index (κ1) is 36.4. The number of aromatic nitrogens is 3. The van der Waals surface area contributed by atoms with Gasteiger partial charge in [-0.2, -0.15) is 5.26 Å². The standard InChI is InChI=1S/C61H36N4O/c62-37-38-19-21-39(22-20-38)40-23-27-45(28-24-40)65-53-18-10-8-16-49(53)58-56(65)33-29-47-48-30-34-57-59(61(48)66-60(47)58)51-36-42(26-32-55(51)64(57)44-13-5-2-6-14-44)41-25-31-54-50(35-41)46-15-7-9-17-52(46)63(54)43-11-3-1-4-12-43/h1-36H. The fraction of sp³-hybridized carbons (Fsp3) is 0. The van der Waals surface area contributed by atoms with Crippen LogP contribution in [0.1, 0.15) is 5.56 Å². The first-order valence-electron chi connectivity index (χ1n) is 22.3. The molecule has 0 spiro atoms. The average Bonchev–Trinajstić information content (AvgIpc) is 4.13. The lowest BCUT2D eigenvalue weighted by Crippen LogP contribution is -1.93. The monoisotopic (exact) mass is 840 g/mol. The van der Waals surface area contributed by atoms with E-state index >= 15 is 0 Å². The molecule has 14 rings (SSSR count). The Balaban J connectivity index is 0.991. The number of nitrogens with zero attached hydrogens (tertiary/aromatic N) is 4. The predicted octanol–water partition coefficient (Wildman–Crippen LogP) is 16.1. The second-order valence-electron chi connectivity index (χ2n) is 17.2. The second-order valence-corrected chi connectivity index (χ2v) is 17.2. The molecular weight excluding hydrogens is 805 g/mol. The molecule has 0 aliphatic rings. The molecule has 14 aromatic rings. The summed E-state index contributed by atoms with van der Waals surface area (Å²) in [6.07, 6.45) is 0. The van der Waals surface area contributed by atoms with E-state index in [4.69, 9.17) is 4.42 Å². The summed E-state index contributed by atoms with van der Waals surface area (Å²) < 4.78 is 14.4. The molecule has 5 nitrogen and oxygen atoms in total. The predicted molar refractivity (Wildman–Crippen MR) is 272 cm³/mol. The molecule has 4 aromatic heterocycles. The van der Waals surface area contributed by atoms with Crippen LogP contribution < -0.4 is 0 Å². The van der Waals surface area contributed by atoms with E-state index in [9.17, 15) is 5.26 Å². The molecular formula is C61H36N4O. The van der Waals surface area contributed by atoms with Crippen molar-refractivity contribution in [2.75, 3.05) is 0 Å². The molecule has 0 saturated carbocycles. The zero-order valence-corrected chi connectivity index (χ0v) is 35.5. The summed E-state index contributed by atoms with van der Waals surface area (Å²) in [7, 11) is 0. The Morgan fingerprint density at radius 1 is 0.303 bits per heavy atom. The van der Waals surface area contributed by atoms with Crippen molar-refractivity contribution in [1.82, 2.24) is 13.7 Å². The Morgan fingerprint density at radius 2 is 0.712 bits per heavy atom. The molecule has 0 amide bonds. The smallest absolute Gasteiger partial charge is 0.145 e. The van der Waals surface area contributed by atoms with Crippen molar-refractivity contribution in [1.29, 1.82) is 5.26 Å². The van der Waals surface area contributed by atoms with Gasteiger partial charge in [-0.05, 0) is 131 Å². The summed E-state index contributed by atoms with van der Waals surface area (Å²) in [5.74, 6) is 0. The molecule has 5 heteroatoms. The zero-order chi connectivity index (χ0) is 43.5. The molecule has 66 heavy (non-hydrogen) atoms. The van der Waals surface area contributed by atoms with Crippen molar-refractivity contribution < 1.29 is 4.42 Å². The number of benzene rings is 10. The van der Waals surface area contributed by atoms with Gasteiger partial charge in [-0.25, -0.2) is 0 Å². The van der Waals surface area contributed by atoms with E-state index in [2.05, 4.69) is 214 Å². The molecule has 0 aliphatic heterocycles. The number of para-hydroxylation sites is 4. The second kappa shape index (κ2) is 13.9. The molecule has 0 saturated heterocycles. The minimum absolute atomic E-state index is 0.655. The summed E-state index contributed by atoms with van der Waals surface area (Å²) in [4.78, 5) is 0. The van der Waals surface area contributed by atoms with Gasteiger partial charge in [-0.1, -0.05) is 109 Å². The summed E-state index contributed by atoms with van der Waals surface area (Å²) in [6.45, 7) is 0. The highest BCUT2D eigenvalue weighted by atomic mass is 16.3. The molecule has 0 bridgehead atoms. The lowest BCUT2D eigenvalue weighted by molar-refractivity contribution is 0.677. The molecule has 0 atom stereocenters. The van der Waals surface area contributed by atoms with Crippen LogP contribution in [0.25, 0.3) is 127 Å². The lowest BCUT2D eigenvalue weighted by Gasteiger charge is -2.09. The Bertz CT molecular complexity index is 4310. The first-order valence-corrected chi connectivity index (χ1v) is 22.3. The van der Waals surface area contributed by atoms with E-state index in [1.165, 1.54) is 21.8 Å². The topological polar surface area (TPSA) is 51.7 Å². The summed E-state index contributed by atoms with van der Waals surface area (Å²) >= 11 is 0. The third-order valence-corrected chi connectivity index (χ3v) is 13.7. The van der Waals surface area contributed by atoms with Gasteiger partial charge in [0.1, 0.15) is 11.2 Å². The van der Waals surface area contributed by atoms with Gasteiger partial charge in [0.15, 0.2) is 0 Å². The van der Waals surface area contributed by atoms with Gasteiger partial charge in [0.05, 0.1) is 55.5 Å². The van der Waals surface area contributed by atoms with Crippen LogP contribution in [0.2, 0.25) is 0 Å². The van der Waals surface area contributed by atoms with Crippen LogP contribution >= 0.6 is 0 Å². The third-order valence-electron chi connectivity index (χ3n) is 13.7. The van der Waals surface area contributed by atoms with Crippen LogP contribution in [-0.4, -0.2) is 13.7 Å². The van der Waals surface area contributed by atoms with E-state index in [-0.39, 0.29) is 0 Å². The molecule has 0 fully saturated rings. The van der Waals surface area contributed by atoms with Gasteiger partial charge in [0, 0.05) is 49.4 Å². The van der Waals surface area contributed by atoms with Crippen molar-refractivity contribution in [3.05, 3.63) is 224 Å². The van der Waals surface area contributed by atoms with Crippen molar-refractivity contribution >= 4 is 87.4 Å². The molecule has 306 valence electrons. The first-order chi connectivity index (χ1) is 32.7. The van der Waals surface area contributed by atoms with Crippen LogP contribution in [0.3, 0.4) is 0 Å². The quantitative estimate of drug-likeness (QED) is 0.173. The summed E-state index contributed by atoms with van der Waals surface area (Å²) in [6, 6.07) is 80.1. The maximum atomic E-state index is 9.32. The van der Waals surface area contributed by atoms with Crippen LogP contribution in [0.4, 0.5) is 0 Å². The number of hydrogen-bond donors (Lipinski definition) is 0. The minimum atomic E-state index is 0.655. The largest absolute Gasteiger partial charge is 0.455 e. The van der Waals surface area contributed by atoms with E-state index in [1.807, 2.05) is 24.3 Å². The van der Waals surface area contributed by atoms with Gasteiger partial charge in [-0.15, -0.1) is 0 Å². The van der Waals surface area contributed by atoms with Crippen LogP contribution in [0, 0.1) is 11.3 Å².